The first kappa shape index (κ1) is 22.0. The van der Waals surface area contributed by atoms with E-state index in [2.05, 4.69) is 4.72 Å². The van der Waals surface area contributed by atoms with Crippen molar-refractivity contribution in [3.63, 3.8) is 0 Å². The van der Waals surface area contributed by atoms with Gasteiger partial charge >= 0.3 is 5.97 Å². The van der Waals surface area contributed by atoms with E-state index in [4.69, 9.17) is 4.74 Å². The topological polar surface area (TPSA) is 92.8 Å². The molecule has 8 heteroatoms. The summed E-state index contributed by atoms with van der Waals surface area (Å²) in [6.45, 7) is -0.00399. The Kier molecular flexibility index (Phi) is 7.04. The zero-order chi connectivity index (χ0) is 22.3. The van der Waals surface area contributed by atoms with Gasteiger partial charge in [0.25, 0.3) is 15.9 Å². The summed E-state index contributed by atoms with van der Waals surface area (Å²) < 4.78 is 32.4. The first-order valence-corrected chi connectivity index (χ1v) is 11.0. The zero-order valence-corrected chi connectivity index (χ0v) is 17.7. The smallest absolute Gasteiger partial charge is 0.338 e. The van der Waals surface area contributed by atoms with Crippen molar-refractivity contribution in [2.75, 3.05) is 18.4 Å². The Hall–Kier alpha value is -3.65. The average Bonchev–Trinajstić information content (AvgIpc) is 2.78. The molecule has 0 aliphatic carbocycles. The van der Waals surface area contributed by atoms with E-state index in [1.165, 1.54) is 29.2 Å². The molecule has 0 aliphatic heterocycles. The van der Waals surface area contributed by atoms with Gasteiger partial charge in [-0.3, -0.25) is 9.52 Å². The van der Waals surface area contributed by atoms with Crippen LogP contribution in [0.3, 0.4) is 0 Å². The summed E-state index contributed by atoms with van der Waals surface area (Å²) in [6.07, 6.45) is 0. The maximum absolute atomic E-state index is 12.4. The Morgan fingerprint density at radius 3 is 2.06 bits per heavy atom. The van der Waals surface area contributed by atoms with Crippen molar-refractivity contribution >= 4 is 27.6 Å². The van der Waals surface area contributed by atoms with Crippen molar-refractivity contribution in [3.05, 3.63) is 96.1 Å². The number of carbonyl (C=O) groups excluding carboxylic acids is 2. The van der Waals surface area contributed by atoms with Gasteiger partial charge in [0.15, 0.2) is 6.61 Å². The van der Waals surface area contributed by atoms with Crippen molar-refractivity contribution in [3.8, 4) is 0 Å². The quantitative estimate of drug-likeness (QED) is 0.545. The summed E-state index contributed by atoms with van der Waals surface area (Å²) in [6, 6.07) is 23.3. The molecule has 1 amide bonds. The summed E-state index contributed by atoms with van der Waals surface area (Å²) in [5.41, 5.74) is 1.55. The molecular weight excluding hydrogens is 416 g/mol. The van der Waals surface area contributed by atoms with Crippen LogP contribution in [0.2, 0.25) is 0 Å². The second-order valence-corrected chi connectivity index (χ2v) is 8.49. The van der Waals surface area contributed by atoms with E-state index in [1.807, 2.05) is 30.3 Å². The van der Waals surface area contributed by atoms with Gasteiger partial charge in [-0.1, -0.05) is 48.5 Å². The Labute approximate surface area is 181 Å². The summed E-state index contributed by atoms with van der Waals surface area (Å²) in [5.74, 6) is -1.05. The lowest BCUT2D eigenvalue weighted by Gasteiger charge is -2.17. The molecule has 0 radical (unpaired) electrons. The standard InChI is InChI=1S/C23H22N2O5S/c1-25(16-18-8-4-2-5-9-18)22(26)17-30-23(27)19-12-14-21(15-13-19)31(28,29)24-20-10-6-3-7-11-20/h2-15,24H,16-17H2,1H3. The second kappa shape index (κ2) is 9.90. The van der Waals surface area contributed by atoms with Crippen LogP contribution in [0.4, 0.5) is 5.69 Å². The molecule has 0 heterocycles. The fourth-order valence-corrected chi connectivity index (χ4v) is 3.82. The highest BCUT2D eigenvalue weighted by atomic mass is 32.2. The molecule has 0 unspecified atom stereocenters. The molecule has 0 atom stereocenters. The minimum absolute atomic E-state index is 0.00609. The molecule has 160 valence electrons. The number of carbonyl (C=O) groups is 2. The molecule has 3 aromatic rings. The number of hydrogen-bond donors (Lipinski definition) is 1. The maximum Gasteiger partial charge on any atom is 0.338 e. The second-order valence-electron chi connectivity index (χ2n) is 6.81. The Bertz CT molecular complexity index is 1130. The van der Waals surface area contributed by atoms with Crippen LogP contribution in [0, 0.1) is 0 Å². The summed E-state index contributed by atoms with van der Waals surface area (Å²) in [5, 5.41) is 0. The molecule has 0 spiro atoms. The lowest BCUT2D eigenvalue weighted by molar-refractivity contribution is -0.133. The predicted octanol–water partition coefficient (Wildman–Crippen LogP) is 3.30. The molecule has 31 heavy (non-hydrogen) atoms. The van der Waals surface area contributed by atoms with E-state index in [-0.39, 0.29) is 16.4 Å². The molecule has 0 saturated carbocycles. The Morgan fingerprint density at radius 2 is 1.45 bits per heavy atom. The number of nitrogens with one attached hydrogen (secondary N) is 1. The van der Waals surface area contributed by atoms with Gasteiger partial charge in [-0.2, -0.15) is 0 Å². The van der Waals surface area contributed by atoms with Crippen molar-refractivity contribution in [1.82, 2.24) is 4.90 Å². The van der Waals surface area contributed by atoms with Gasteiger partial charge in [-0.15, -0.1) is 0 Å². The Morgan fingerprint density at radius 1 is 0.871 bits per heavy atom. The molecule has 0 aliphatic rings. The lowest BCUT2D eigenvalue weighted by Crippen LogP contribution is -2.30. The number of para-hydroxylation sites is 1. The van der Waals surface area contributed by atoms with E-state index in [0.29, 0.717) is 12.2 Å². The molecular formula is C23H22N2O5S. The van der Waals surface area contributed by atoms with E-state index in [9.17, 15) is 18.0 Å². The minimum atomic E-state index is -3.79. The van der Waals surface area contributed by atoms with Crippen molar-refractivity contribution in [2.45, 2.75) is 11.4 Å². The molecule has 1 N–H and O–H groups in total. The van der Waals surface area contributed by atoms with Crippen LogP contribution >= 0.6 is 0 Å². The lowest BCUT2D eigenvalue weighted by atomic mass is 10.2. The number of anilines is 1. The number of rotatable bonds is 8. The number of sulfonamides is 1. The zero-order valence-electron chi connectivity index (χ0n) is 16.9. The number of benzene rings is 3. The monoisotopic (exact) mass is 438 g/mol. The summed E-state index contributed by atoms with van der Waals surface area (Å²) in [4.78, 5) is 25.9. The van der Waals surface area contributed by atoms with Crippen LogP contribution in [0.1, 0.15) is 15.9 Å². The highest BCUT2D eigenvalue weighted by Gasteiger charge is 2.17. The fourth-order valence-electron chi connectivity index (χ4n) is 2.76. The van der Waals surface area contributed by atoms with Crippen molar-refractivity contribution in [1.29, 1.82) is 0 Å². The molecule has 0 bridgehead atoms. The van der Waals surface area contributed by atoms with E-state index in [1.54, 1.807) is 37.4 Å². The number of esters is 1. The highest BCUT2D eigenvalue weighted by Crippen LogP contribution is 2.16. The first-order chi connectivity index (χ1) is 14.8. The van der Waals surface area contributed by atoms with Crippen LogP contribution in [0.5, 0.6) is 0 Å². The van der Waals surface area contributed by atoms with Crippen LogP contribution in [0.15, 0.2) is 89.8 Å². The van der Waals surface area contributed by atoms with Gasteiger partial charge in [0.05, 0.1) is 10.5 Å². The van der Waals surface area contributed by atoms with E-state index in [0.717, 1.165) is 5.56 Å². The molecule has 3 rings (SSSR count). The van der Waals surface area contributed by atoms with Crippen LogP contribution in [-0.2, 0) is 26.1 Å². The first-order valence-electron chi connectivity index (χ1n) is 9.48. The number of amides is 1. The molecule has 0 aromatic heterocycles. The van der Waals surface area contributed by atoms with Crippen LogP contribution in [0.25, 0.3) is 0 Å². The number of ether oxygens (including phenoxy) is 1. The number of likely N-dealkylation sites (N-methyl/N-ethyl adjacent to an activating group) is 1. The highest BCUT2D eigenvalue weighted by molar-refractivity contribution is 7.92. The molecule has 0 fully saturated rings. The van der Waals surface area contributed by atoms with E-state index >= 15 is 0 Å². The van der Waals surface area contributed by atoms with Gasteiger partial charge in [0.1, 0.15) is 0 Å². The van der Waals surface area contributed by atoms with Gasteiger partial charge < -0.3 is 9.64 Å². The SMILES string of the molecule is CN(Cc1ccccc1)C(=O)COC(=O)c1ccc(S(=O)(=O)Nc2ccccc2)cc1. The van der Waals surface area contributed by atoms with Gasteiger partial charge in [0, 0.05) is 19.3 Å². The molecule has 0 saturated heterocycles. The molecule has 7 nitrogen and oxygen atoms in total. The maximum atomic E-state index is 12.4. The third kappa shape index (κ3) is 6.16. The Balaban J connectivity index is 1.55. The third-order valence-electron chi connectivity index (χ3n) is 4.44. The number of nitrogens with zero attached hydrogens (tertiary/aromatic N) is 1. The van der Waals surface area contributed by atoms with Crippen molar-refractivity contribution in [2.24, 2.45) is 0 Å². The van der Waals surface area contributed by atoms with Crippen molar-refractivity contribution < 1.29 is 22.7 Å². The minimum Gasteiger partial charge on any atom is -0.452 e. The molecule has 3 aromatic carbocycles. The third-order valence-corrected chi connectivity index (χ3v) is 5.84. The largest absolute Gasteiger partial charge is 0.452 e. The average molecular weight is 439 g/mol. The van der Waals surface area contributed by atoms with Crippen LogP contribution < -0.4 is 4.72 Å². The summed E-state index contributed by atoms with van der Waals surface area (Å²) in [7, 11) is -2.16. The van der Waals surface area contributed by atoms with Gasteiger partial charge in [-0.05, 0) is 42.0 Å². The van der Waals surface area contributed by atoms with Gasteiger partial charge in [-0.25, -0.2) is 13.2 Å². The van der Waals surface area contributed by atoms with E-state index < -0.39 is 22.6 Å². The number of hydrogen-bond acceptors (Lipinski definition) is 5. The normalized spacial score (nSPS) is 10.9. The summed E-state index contributed by atoms with van der Waals surface area (Å²) >= 11 is 0. The predicted molar refractivity (Wildman–Crippen MR) is 117 cm³/mol. The van der Waals surface area contributed by atoms with Gasteiger partial charge in [0.2, 0.25) is 0 Å². The fraction of sp³-hybridized carbons (Fsp3) is 0.130. The van der Waals surface area contributed by atoms with Crippen LogP contribution in [-0.4, -0.2) is 38.8 Å².